The van der Waals surface area contributed by atoms with Crippen molar-refractivity contribution in [1.29, 1.82) is 0 Å². The van der Waals surface area contributed by atoms with E-state index in [0.717, 1.165) is 31.6 Å². The quantitative estimate of drug-likeness (QED) is 0.868. The molecule has 0 radical (unpaired) electrons. The minimum Gasteiger partial charge on any atom is -0.369 e. The molecule has 3 rings (SSSR count). The van der Waals surface area contributed by atoms with Gasteiger partial charge in [-0.1, -0.05) is 30.7 Å². The molecule has 1 aliphatic rings. The molecule has 1 N–H and O–H groups in total. The monoisotopic (exact) mass is 281 g/mol. The number of hydrogen-bond acceptors (Lipinski definition) is 3. The Labute approximate surface area is 126 Å². The van der Waals surface area contributed by atoms with Crippen molar-refractivity contribution in [2.45, 2.75) is 45.4 Å². The van der Waals surface area contributed by atoms with E-state index in [4.69, 9.17) is 0 Å². The Kier molecular flexibility index (Phi) is 4.49. The molecule has 0 unspecified atom stereocenters. The van der Waals surface area contributed by atoms with Crippen LogP contribution in [-0.4, -0.2) is 16.5 Å². The topological polar surface area (TPSA) is 37.8 Å². The zero-order chi connectivity index (χ0) is 14.5. The fourth-order valence-corrected chi connectivity index (χ4v) is 3.06. The largest absolute Gasteiger partial charge is 0.369 e. The molecular formula is C18H23N3. The molecule has 0 fully saturated rings. The van der Waals surface area contributed by atoms with Gasteiger partial charge in [0.1, 0.15) is 12.1 Å². The molecule has 1 heterocycles. The van der Waals surface area contributed by atoms with Gasteiger partial charge in [-0.15, -0.1) is 0 Å². The Hall–Kier alpha value is -1.90. The van der Waals surface area contributed by atoms with Crippen LogP contribution < -0.4 is 5.32 Å². The third-order valence-electron chi connectivity index (χ3n) is 4.32. The van der Waals surface area contributed by atoms with Crippen LogP contribution >= 0.6 is 0 Å². The van der Waals surface area contributed by atoms with Crippen molar-refractivity contribution in [2.75, 3.05) is 11.9 Å². The number of benzene rings is 1. The second-order valence-corrected chi connectivity index (χ2v) is 5.81. The average molecular weight is 281 g/mol. The van der Waals surface area contributed by atoms with E-state index < -0.39 is 0 Å². The highest BCUT2D eigenvalue weighted by molar-refractivity contribution is 5.46. The van der Waals surface area contributed by atoms with Crippen LogP contribution in [0.2, 0.25) is 0 Å². The first kappa shape index (κ1) is 14.1. The molecule has 3 nitrogen and oxygen atoms in total. The van der Waals surface area contributed by atoms with Crippen LogP contribution in [0.1, 0.15) is 41.6 Å². The molecule has 0 saturated heterocycles. The number of fused-ring (bicyclic) bond motifs is 1. The zero-order valence-corrected chi connectivity index (χ0v) is 12.7. The number of hydrogen-bond donors (Lipinski definition) is 1. The van der Waals surface area contributed by atoms with Gasteiger partial charge in [-0.25, -0.2) is 9.97 Å². The predicted octanol–water partition coefficient (Wildman–Crippen LogP) is 3.71. The molecule has 2 aromatic rings. The highest BCUT2D eigenvalue weighted by atomic mass is 15.0. The SMILES string of the molecule is Cc1ccccc1CCNc1ncnc2c1CCCCC2. The first-order valence-electron chi connectivity index (χ1n) is 7.96. The first-order valence-corrected chi connectivity index (χ1v) is 7.96. The fraction of sp³-hybridized carbons (Fsp3) is 0.444. The van der Waals surface area contributed by atoms with Crippen molar-refractivity contribution in [1.82, 2.24) is 9.97 Å². The number of aryl methyl sites for hydroxylation is 2. The summed E-state index contributed by atoms with van der Waals surface area (Å²) in [7, 11) is 0. The average Bonchev–Trinajstić information content (AvgIpc) is 2.75. The van der Waals surface area contributed by atoms with Crippen LogP contribution in [0.15, 0.2) is 30.6 Å². The summed E-state index contributed by atoms with van der Waals surface area (Å²) < 4.78 is 0. The van der Waals surface area contributed by atoms with Crippen molar-refractivity contribution in [3.05, 3.63) is 53.0 Å². The Morgan fingerprint density at radius 2 is 1.90 bits per heavy atom. The van der Waals surface area contributed by atoms with Gasteiger partial charge in [0.25, 0.3) is 0 Å². The second-order valence-electron chi connectivity index (χ2n) is 5.81. The van der Waals surface area contributed by atoms with E-state index in [9.17, 15) is 0 Å². The third kappa shape index (κ3) is 3.41. The van der Waals surface area contributed by atoms with Crippen molar-refractivity contribution >= 4 is 5.82 Å². The lowest BCUT2D eigenvalue weighted by atomic mass is 10.1. The molecular weight excluding hydrogens is 258 g/mol. The van der Waals surface area contributed by atoms with E-state index in [1.165, 1.54) is 41.6 Å². The van der Waals surface area contributed by atoms with E-state index >= 15 is 0 Å². The lowest BCUT2D eigenvalue weighted by molar-refractivity contribution is 0.708. The molecule has 0 saturated carbocycles. The van der Waals surface area contributed by atoms with Gasteiger partial charge in [-0.2, -0.15) is 0 Å². The minimum absolute atomic E-state index is 0.925. The van der Waals surface area contributed by atoms with Gasteiger partial charge in [0.05, 0.1) is 0 Å². The Bertz CT molecular complexity index is 607. The highest BCUT2D eigenvalue weighted by Gasteiger charge is 2.13. The standard InChI is InChI=1S/C18H23N3/c1-14-7-5-6-8-15(14)11-12-19-18-16-9-3-2-4-10-17(16)20-13-21-18/h5-8,13H,2-4,9-12H2,1H3,(H,19,20,21). The van der Waals surface area contributed by atoms with Gasteiger partial charge < -0.3 is 5.32 Å². The van der Waals surface area contributed by atoms with E-state index in [1.54, 1.807) is 6.33 Å². The summed E-state index contributed by atoms with van der Waals surface area (Å²) >= 11 is 0. The summed E-state index contributed by atoms with van der Waals surface area (Å²) in [6.07, 6.45) is 8.78. The molecule has 0 amide bonds. The Morgan fingerprint density at radius 1 is 1.05 bits per heavy atom. The van der Waals surface area contributed by atoms with Crippen LogP contribution in [0, 0.1) is 6.92 Å². The number of nitrogens with zero attached hydrogens (tertiary/aromatic N) is 2. The molecule has 1 aromatic carbocycles. The molecule has 0 aliphatic heterocycles. The smallest absolute Gasteiger partial charge is 0.132 e. The number of aromatic nitrogens is 2. The number of nitrogens with one attached hydrogen (secondary N) is 1. The maximum absolute atomic E-state index is 4.47. The van der Waals surface area contributed by atoms with E-state index in [2.05, 4.69) is 46.5 Å². The van der Waals surface area contributed by atoms with Crippen LogP contribution in [0.4, 0.5) is 5.82 Å². The summed E-state index contributed by atoms with van der Waals surface area (Å²) in [5.41, 5.74) is 5.37. The normalized spacial score (nSPS) is 14.3. The third-order valence-corrected chi connectivity index (χ3v) is 4.32. The lowest BCUT2D eigenvalue weighted by Gasteiger charge is -2.13. The van der Waals surface area contributed by atoms with Crippen molar-refractivity contribution in [2.24, 2.45) is 0 Å². The van der Waals surface area contributed by atoms with Crippen LogP contribution in [0.3, 0.4) is 0 Å². The van der Waals surface area contributed by atoms with Gasteiger partial charge in [0, 0.05) is 17.8 Å². The summed E-state index contributed by atoms with van der Waals surface area (Å²) in [5.74, 6) is 1.05. The van der Waals surface area contributed by atoms with Gasteiger partial charge in [-0.05, 0) is 50.2 Å². The maximum atomic E-state index is 4.47. The lowest BCUT2D eigenvalue weighted by Crippen LogP contribution is -2.11. The van der Waals surface area contributed by atoms with Gasteiger partial charge in [-0.3, -0.25) is 0 Å². The van der Waals surface area contributed by atoms with E-state index in [1.807, 2.05) is 0 Å². The highest BCUT2D eigenvalue weighted by Crippen LogP contribution is 2.23. The molecule has 0 bridgehead atoms. The van der Waals surface area contributed by atoms with E-state index in [-0.39, 0.29) is 0 Å². The van der Waals surface area contributed by atoms with Gasteiger partial charge in [0.2, 0.25) is 0 Å². The molecule has 3 heteroatoms. The molecule has 21 heavy (non-hydrogen) atoms. The second kappa shape index (κ2) is 6.70. The summed E-state index contributed by atoms with van der Waals surface area (Å²) in [4.78, 5) is 8.93. The van der Waals surface area contributed by atoms with Crippen molar-refractivity contribution < 1.29 is 0 Å². The molecule has 1 aromatic heterocycles. The number of anilines is 1. The van der Waals surface area contributed by atoms with Crippen molar-refractivity contribution in [3.63, 3.8) is 0 Å². The van der Waals surface area contributed by atoms with E-state index in [0.29, 0.717) is 0 Å². The molecule has 110 valence electrons. The summed E-state index contributed by atoms with van der Waals surface area (Å²) in [6, 6.07) is 8.58. The fourth-order valence-electron chi connectivity index (χ4n) is 3.06. The van der Waals surface area contributed by atoms with Crippen molar-refractivity contribution in [3.8, 4) is 0 Å². The van der Waals surface area contributed by atoms with Gasteiger partial charge in [0.15, 0.2) is 0 Å². The maximum Gasteiger partial charge on any atom is 0.132 e. The van der Waals surface area contributed by atoms with Crippen LogP contribution in [-0.2, 0) is 19.3 Å². The van der Waals surface area contributed by atoms with Gasteiger partial charge >= 0.3 is 0 Å². The Morgan fingerprint density at radius 3 is 2.81 bits per heavy atom. The predicted molar refractivity (Wildman–Crippen MR) is 86.7 cm³/mol. The molecule has 1 aliphatic carbocycles. The van der Waals surface area contributed by atoms with Crippen LogP contribution in [0.5, 0.6) is 0 Å². The Balaban J connectivity index is 1.67. The van der Waals surface area contributed by atoms with Crippen LogP contribution in [0.25, 0.3) is 0 Å². The summed E-state index contributed by atoms with van der Waals surface area (Å²) in [6.45, 7) is 3.10. The number of rotatable bonds is 4. The minimum atomic E-state index is 0.925. The first-order chi connectivity index (χ1) is 10.3. The summed E-state index contributed by atoms with van der Waals surface area (Å²) in [5, 5.41) is 3.53. The molecule has 0 atom stereocenters. The molecule has 0 spiro atoms. The zero-order valence-electron chi connectivity index (χ0n) is 12.7.